The average Bonchev–Trinajstić information content (AvgIpc) is 3.65. The first-order valence-corrected chi connectivity index (χ1v) is 15.5. The number of H-pyrrole nitrogens is 1. The molecule has 0 saturated heterocycles. The largest absolute Gasteiger partial charge is 0.489 e. The summed E-state index contributed by atoms with van der Waals surface area (Å²) in [5.74, 6) is 0.651. The molecule has 3 aromatic heterocycles. The van der Waals surface area contributed by atoms with Gasteiger partial charge in [0.2, 0.25) is 0 Å². The number of carbonyl (C=O) groups excluding carboxylic acids is 2. The number of nitrogens with zero attached hydrogens (tertiary/aromatic N) is 3. The van der Waals surface area contributed by atoms with E-state index in [1.165, 1.54) is 5.56 Å². The Labute approximate surface area is 269 Å². The first kappa shape index (κ1) is 32.3. The second-order valence-corrected chi connectivity index (χ2v) is 12.3. The maximum absolute atomic E-state index is 13.6. The minimum atomic E-state index is -0.635. The van der Waals surface area contributed by atoms with Gasteiger partial charge in [-0.05, 0) is 74.6 Å². The summed E-state index contributed by atoms with van der Waals surface area (Å²) >= 11 is 0. The molecule has 10 heteroatoms. The van der Waals surface area contributed by atoms with E-state index in [0.717, 1.165) is 22.1 Å². The highest BCUT2D eigenvalue weighted by molar-refractivity contribution is 6.04. The topological polar surface area (TPSA) is 120 Å². The van der Waals surface area contributed by atoms with Gasteiger partial charge in [-0.2, -0.15) is 5.10 Å². The number of hydrogen-bond acceptors (Lipinski definition) is 7. The van der Waals surface area contributed by atoms with E-state index in [1.54, 1.807) is 38.6 Å². The van der Waals surface area contributed by atoms with Gasteiger partial charge in [0.15, 0.2) is 5.69 Å². The molecule has 5 aromatic rings. The lowest BCUT2D eigenvalue weighted by Gasteiger charge is -2.19. The van der Waals surface area contributed by atoms with Crippen molar-refractivity contribution in [2.45, 2.75) is 66.2 Å². The number of fused-ring (bicyclic) bond motifs is 1. The van der Waals surface area contributed by atoms with Crippen LogP contribution in [0.4, 0.5) is 4.79 Å². The Bertz CT molecular complexity index is 1800. The summed E-state index contributed by atoms with van der Waals surface area (Å²) in [6.07, 6.45) is 2.97. The zero-order valence-electron chi connectivity index (χ0n) is 27.2. The van der Waals surface area contributed by atoms with Gasteiger partial charge in [-0.25, -0.2) is 14.6 Å². The molecule has 0 fully saturated rings. The predicted octanol–water partition coefficient (Wildman–Crippen LogP) is 7.50. The molecule has 3 heterocycles. The van der Waals surface area contributed by atoms with Crippen molar-refractivity contribution >= 4 is 23.1 Å². The molecule has 5 rings (SSSR count). The van der Waals surface area contributed by atoms with Crippen LogP contribution in [0.25, 0.3) is 33.4 Å². The molecule has 1 amide bonds. The van der Waals surface area contributed by atoms with Crippen LogP contribution >= 0.6 is 0 Å². The predicted molar refractivity (Wildman–Crippen MR) is 178 cm³/mol. The van der Waals surface area contributed by atoms with Crippen LogP contribution in [0.2, 0.25) is 0 Å². The summed E-state index contributed by atoms with van der Waals surface area (Å²) in [5, 5.41) is 8.55. The smallest absolute Gasteiger partial charge is 0.407 e. The van der Waals surface area contributed by atoms with E-state index in [4.69, 9.17) is 19.3 Å². The monoisotopic (exact) mass is 623 g/mol. The molecular weight excluding hydrogens is 582 g/mol. The standard InChI is InChI=1S/C36H41N5O5/c1-7-44-34(42)32-30(26-12-14-27(15-13-26)45-22-24-8-10-25(11-9-24)23(2)3)31(28-16-18-37-33-29(28)17-19-38-33)40-41(32)21-20-39-35(43)46-36(4,5)6/h8-19,23H,7,20-22H2,1-6H3,(H,37,38)(H,39,43). The number of pyridine rings is 1. The van der Waals surface area contributed by atoms with E-state index >= 15 is 0 Å². The van der Waals surface area contributed by atoms with Crippen molar-refractivity contribution in [3.8, 4) is 28.1 Å². The lowest BCUT2D eigenvalue weighted by atomic mass is 9.97. The van der Waals surface area contributed by atoms with Crippen molar-refractivity contribution in [3.05, 3.63) is 89.9 Å². The number of aromatic amines is 1. The first-order chi connectivity index (χ1) is 22.0. The minimum Gasteiger partial charge on any atom is -0.489 e. The van der Waals surface area contributed by atoms with Crippen LogP contribution in [0.1, 0.15) is 69.1 Å². The van der Waals surface area contributed by atoms with Crippen LogP contribution in [0.3, 0.4) is 0 Å². The van der Waals surface area contributed by atoms with Crippen LogP contribution in [0, 0.1) is 0 Å². The fourth-order valence-electron chi connectivity index (χ4n) is 5.12. The molecular formula is C36H41N5O5. The number of rotatable bonds is 11. The number of aromatic nitrogens is 4. The van der Waals surface area contributed by atoms with E-state index in [2.05, 4.69) is 53.4 Å². The number of ether oxygens (including phenoxy) is 3. The van der Waals surface area contributed by atoms with Gasteiger partial charge in [-0.15, -0.1) is 0 Å². The van der Waals surface area contributed by atoms with Crippen LogP contribution in [0.5, 0.6) is 5.75 Å². The number of carbonyl (C=O) groups is 2. The lowest BCUT2D eigenvalue weighted by Crippen LogP contribution is -2.34. The SMILES string of the molecule is CCOC(=O)c1c(-c2ccc(OCc3ccc(C(C)C)cc3)cc2)c(-c2ccnc3[nH]ccc23)nn1CCNC(=O)OC(C)(C)C. The molecule has 46 heavy (non-hydrogen) atoms. The third-order valence-electron chi connectivity index (χ3n) is 7.32. The summed E-state index contributed by atoms with van der Waals surface area (Å²) in [5.41, 5.74) is 5.47. The third kappa shape index (κ3) is 7.56. The lowest BCUT2D eigenvalue weighted by molar-refractivity contribution is 0.0513. The number of esters is 1. The molecule has 240 valence electrons. The normalized spacial score (nSPS) is 11.5. The maximum Gasteiger partial charge on any atom is 0.407 e. The third-order valence-corrected chi connectivity index (χ3v) is 7.32. The van der Waals surface area contributed by atoms with E-state index in [1.807, 2.05) is 42.6 Å². The molecule has 0 atom stereocenters. The Hall–Kier alpha value is -5.12. The van der Waals surface area contributed by atoms with E-state index < -0.39 is 17.7 Å². The van der Waals surface area contributed by atoms with Crippen LogP contribution < -0.4 is 10.1 Å². The van der Waals surface area contributed by atoms with E-state index in [-0.39, 0.29) is 25.4 Å². The quantitative estimate of drug-likeness (QED) is 0.146. The molecule has 10 nitrogen and oxygen atoms in total. The maximum atomic E-state index is 13.6. The van der Waals surface area contributed by atoms with Crippen molar-refractivity contribution in [1.82, 2.24) is 25.1 Å². The van der Waals surface area contributed by atoms with Gasteiger partial charge in [-0.3, -0.25) is 4.68 Å². The zero-order chi connectivity index (χ0) is 32.8. The minimum absolute atomic E-state index is 0.183. The van der Waals surface area contributed by atoms with Crippen molar-refractivity contribution in [2.24, 2.45) is 0 Å². The molecule has 2 aromatic carbocycles. The molecule has 0 aliphatic heterocycles. The molecule has 0 radical (unpaired) electrons. The zero-order valence-corrected chi connectivity index (χ0v) is 27.2. The van der Waals surface area contributed by atoms with Crippen molar-refractivity contribution in [2.75, 3.05) is 13.2 Å². The summed E-state index contributed by atoms with van der Waals surface area (Å²) < 4.78 is 18.6. The highest BCUT2D eigenvalue weighted by Crippen LogP contribution is 2.38. The Balaban J connectivity index is 1.50. The van der Waals surface area contributed by atoms with Gasteiger partial charge < -0.3 is 24.5 Å². The van der Waals surface area contributed by atoms with Crippen LogP contribution in [-0.2, 0) is 22.6 Å². The van der Waals surface area contributed by atoms with Gasteiger partial charge in [0.25, 0.3) is 0 Å². The summed E-state index contributed by atoms with van der Waals surface area (Å²) in [4.78, 5) is 33.5. The Kier molecular flexibility index (Phi) is 9.75. The van der Waals surface area contributed by atoms with Gasteiger partial charge in [-0.1, -0.05) is 50.2 Å². The number of nitrogens with one attached hydrogen (secondary N) is 2. The molecule has 2 N–H and O–H groups in total. The van der Waals surface area contributed by atoms with Gasteiger partial charge in [0.05, 0.1) is 13.2 Å². The van der Waals surface area contributed by atoms with Crippen LogP contribution in [0.15, 0.2) is 73.1 Å². The Morgan fingerprint density at radius 3 is 2.41 bits per heavy atom. The first-order valence-electron chi connectivity index (χ1n) is 15.5. The van der Waals surface area contributed by atoms with E-state index in [0.29, 0.717) is 35.2 Å². The fraction of sp³-hybridized carbons (Fsp3) is 0.333. The number of amides is 1. The average molecular weight is 624 g/mol. The fourth-order valence-corrected chi connectivity index (χ4v) is 5.12. The summed E-state index contributed by atoms with van der Waals surface area (Å²) in [6.45, 7) is 12.5. The molecule has 0 spiro atoms. The number of hydrogen-bond donors (Lipinski definition) is 2. The molecule has 0 aliphatic rings. The highest BCUT2D eigenvalue weighted by Gasteiger charge is 2.28. The molecule has 0 aliphatic carbocycles. The molecule has 0 saturated carbocycles. The summed E-state index contributed by atoms with van der Waals surface area (Å²) in [7, 11) is 0. The van der Waals surface area contributed by atoms with Crippen LogP contribution in [-0.4, -0.2) is 50.6 Å². The van der Waals surface area contributed by atoms with Crippen molar-refractivity contribution in [1.29, 1.82) is 0 Å². The van der Waals surface area contributed by atoms with Gasteiger partial charge >= 0.3 is 12.1 Å². The number of benzene rings is 2. The van der Waals surface area contributed by atoms with Gasteiger partial charge in [0.1, 0.15) is 29.3 Å². The summed E-state index contributed by atoms with van der Waals surface area (Å²) in [6, 6.07) is 19.8. The number of alkyl carbamates (subject to hydrolysis) is 1. The second-order valence-electron chi connectivity index (χ2n) is 12.3. The van der Waals surface area contributed by atoms with Crippen molar-refractivity contribution < 1.29 is 23.8 Å². The van der Waals surface area contributed by atoms with Crippen molar-refractivity contribution in [3.63, 3.8) is 0 Å². The van der Waals surface area contributed by atoms with Gasteiger partial charge in [0, 0.05) is 35.5 Å². The van der Waals surface area contributed by atoms with E-state index in [9.17, 15) is 9.59 Å². The second kappa shape index (κ2) is 13.9. The highest BCUT2D eigenvalue weighted by atomic mass is 16.6. The molecule has 0 unspecified atom stereocenters. The Morgan fingerprint density at radius 2 is 1.74 bits per heavy atom. The molecule has 0 bridgehead atoms. The Morgan fingerprint density at radius 1 is 1.00 bits per heavy atom.